The molecule has 0 amide bonds. The molecule has 206 valence electrons. The minimum Gasteiger partial charge on any atom is -0.486 e. The molecule has 2 aliphatic rings. The Morgan fingerprint density at radius 3 is 2.50 bits per heavy atom. The Hall–Kier alpha value is -2.95. The predicted octanol–water partition coefficient (Wildman–Crippen LogP) is 5.28. The summed E-state index contributed by atoms with van der Waals surface area (Å²) in [5.41, 5.74) is 0.595. The van der Waals surface area contributed by atoms with Gasteiger partial charge in [-0.15, -0.1) is 15.3 Å². The van der Waals surface area contributed by atoms with Gasteiger partial charge in [-0.05, 0) is 83.8 Å². The summed E-state index contributed by atoms with van der Waals surface area (Å²) in [6.07, 6.45) is 6.45. The van der Waals surface area contributed by atoms with E-state index in [-0.39, 0.29) is 23.7 Å². The van der Waals surface area contributed by atoms with Crippen LogP contribution in [0.15, 0.2) is 30.5 Å². The summed E-state index contributed by atoms with van der Waals surface area (Å²) >= 11 is 0. The van der Waals surface area contributed by atoms with Gasteiger partial charge in [-0.2, -0.15) is 13.2 Å². The third-order valence-corrected chi connectivity index (χ3v) is 8.37. The van der Waals surface area contributed by atoms with Gasteiger partial charge in [-0.3, -0.25) is 0 Å². The number of hydrogen-bond donors (Lipinski definition) is 0. The Balaban J connectivity index is 1.17. The molecule has 3 aromatic rings. The molecule has 2 saturated carbocycles. The first-order chi connectivity index (χ1) is 18.1. The first-order valence-electron chi connectivity index (χ1n) is 13.4. The largest absolute Gasteiger partial charge is 0.486 e. The topological polar surface area (TPSA) is 73.9 Å². The Morgan fingerprint density at radius 1 is 1.08 bits per heavy atom. The highest BCUT2D eigenvalue weighted by molar-refractivity contribution is 5.30. The van der Waals surface area contributed by atoms with E-state index >= 15 is 0 Å². The maximum atomic E-state index is 13.0. The molecule has 0 spiro atoms. The maximum absolute atomic E-state index is 13.0. The van der Waals surface area contributed by atoms with E-state index in [0.29, 0.717) is 11.9 Å². The maximum Gasteiger partial charge on any atom is 0.416 e. The Morgan fingerprint density at radius 2 is 1.84 bits per heavy atom. The first-order valence-corrected chi connectivity index (χ1v) is 13.4. The van der Waals surface area contributed by atoms with Crippen LogP contribution < -0.4 is 4.74 Å². The van der Waals surface area contributed by atoms with E-state index < -0.39 is 11.7 Å². The van der Waals surface area contributed by atoms with E-state index in [2.05, 4.69) is 50.4 Å². The van der Waals surface area contributed by atoms with Crippen LogP contribution in [0, 0.1) is 0 Å². The lowest BCUT2D eigenvalue weighted by Gasteiger charge is -2.41. The highest BCUT2D eigenvalue weighted by atomic mass is 19.4. The molecular weight excluding hydrogens is 495 g/mol. The zero-order chi connectivity index (χ0) is 26.9. The van der Waals surface area contributed by atoms with Crippen LogP contribution in [0.25, 0.3) is 0 Å². The monoisotopic (exact) mass is 531 g/mol. The molecule has 8 nitrogen and oxygen atoms in total. The van der Waals surface area contributed by atoms with Crippen molar-refractivity contribution < 1.29 is 17.9 Å². The number of halogens is 3. The molecule has 11 heteroatoms. The summed E-state index contributed by atoms with van der Waals surface area (Å²) in [6.45, 7) is 1.11. The molecule has 2 aromatic heterocycles. The van der Waals surface area contributed by atoms with Crippen LogP contribution in [0.1, 0.15) is 86.2 Å². The highest BCUT2D eigenvalue weighted by Crippen LogP contribution is 2.46. The summed E-state index contributed by atoms with van der Waals surface area (Å²) in [5.74, 6) is 1.90. The molecule has 0 unspecified atom stereocenters. The molecule has 0 aliphatic heterocycles. The molecule has 0 bridgehead atoms. The van der Waals surface area contributed by atoms with Crippen LogP contribution in [-0.4, -0.2) is 55.3 Å². The predicted molar refractivity (Wildman–Crippen MR) is 136 cm³/mol. The average Bonchev–Trinajstić information content (AvgIpc) is 3.49. The quantitative estimate of drug-likeness (QED) is 0.374. The number of benzene rings is 1. The van der Waals surface area contributed by atoms with Crippen molar-refractivity contribution in [1.82, 2.24) is 34.7 Å². The van der Waals surface area contributed by atoms with E-state index in [0.717, 1.165) is 62.3 Å². The fourth-order valence-corrected chi connectivity index (χ4v) is 5.74. The fraction of sp³-hybridized carbons (Fsp3) is 0.630. The molecule has 0 N–H and O–H groups in total. The van der Waals surface area contributed by atoms with Crippen LogP contribution in [0.5, 0.6) is 5.75 Å². The zero-order valence-electron chi connectivity index (χ0n) is 22.3. The molecule has 5 rings (SSSR count). The molecule has 2 fully saturated rings. The van der Waals surface area contributed by atoms with Gasteiger partial charge in [0.05, 0.1) is 17.3 Å². The Bertz CT molecular complexity index is 1220. The van der Waals surface area contributed by atoms with Gasteiger partial charge in [0, 0.05) is 24.6 Å². The minimum absolute atomic E-state index is 0.0530. The second kappa shape index (κ2) is 10.7. The average molecular weight is 532 g/mol. The van der Waals surface area contributed by atoms with E-state index in [4.69, 9.17) is 4.74 Å². The van der Waals surface area contributed by atoms with Crippen LogP contribution in [0.3, 0.4) is 0 Å². The number of alkyl halides is 3. The summed E-state index contributed by atoms with van der Waals surface area (Å²) in [5, 5.41) is 17.8. The number of hydrogen-bond acceptors (Lipinski definition) is 6. The van der Waals surface area contributed by atoms with Gasteiger partial charge in [0.2, 0.25) is 0 Å². The minimum atomic E-state index is -4.41. The highest BCUT2D eigenvalue weighted by Gasteiger charge is 2.41. The van der Waals surface area contributed by atoms with Crippen LogP contribution in [0.4, 0.5) is 13.2 Å². The van der Waals surface area contributed by atoms with Crippen molar-refractivity contribution in [3.63, 3.8) is 0 Å². The second-order valence-electron chi connectivity index (χ2n) is 11.1. The number of rotatable bonds is 9. The van der Waals surface area contributed by atoms with Gasteiger partial charge in [0.1, 0.15) is 18.2 Å². The van der Waals surface area contributed by atoms with E-state index in [1.807, 2.05) is 11.6 Å². The second-order valence-corrected chi connectivity index (χ2v) is 11.1. The Kier molecular flexibility index (Phi) is 7.48. The van der Waals surface area contributed by atoms with E-state index in [9.17, 15) is 13.2 Å². The van der Waals surface area contributed by atoms with Crippen molar-refractivity contribution in [3.8, 4) is 5.75 Å². The summed E-state index contributed by atoms with van der Waals surface area (Å²) in [6, 6.07) is 5.21. The van der Waals surface area contributed by atoms with E-state index in [1.165, 1.54) is 31.4 Å². The van der Waals surface area contributed by atoms with Crippen LogP contribution in [-0.2, 0) is 25.2 Å². The number of aromatic nitrogens is 6. The summed E-state index contributed by atoms with van der Waals surface area (Å²) in [7, 11) is 6.12. The molecule has 0 atom stereocenters. The van der Waals surface area contributed by atoms with Crippen molar-refractivity contribution in [2.75, 3.05) is 20.6 Å². The summed E-state index contributed by atoms with van der Waals surface area (Å²) in [4.78, 5) is 2.24. The zero-order valence-corrected chi connectivity index (χ0v) is 22.3. The lowest BCUT2D eigenvalue weighted by Crippen LogP contribution is -2.37. The molecule has 2 heterocycles. The molecule has 2 aliphatic carbocycles. The molecule has 0 radical (unpaired) electrons. The first kappa shape index (κ1) is 26.6. The Labute approximate surface area is 221 Å². The van der Waals surface area contributed by atoms with Gasteiger partial charge in [-0.25, -0.2) is 4.68 Å². The lowest BCUT2D eigenvalue weighted by atomic mass is 9.64. The van der Waals surface area contributed by atoms with Gasteiger partial charge in [0.25, 0.3) is 0 Å². The lowest BCUT2D eigenvalue weighted by molar-refractivity contribution is -0.137. The van der Waals surface area contributed by atoms with E-state index in [1.54, 1.807) is 0 Å². The molecule has 1 aromatic carbocycles. The van der Waals surface area contributed by atoms with Gasteiger partial charge in [0.15, 0.2) is 5.82 Å². The summed E-state index contributed by atoms with van der Waals surface area (Å²) < 4.78 is 48.5. The fourth-order valence-electron chi connectivity index (χ4n) is 5.74. The smallest absolute Gasteiger partial charge is 0.416 e. The van der Waals surface area contributed by atoms with Crippen LogP contribution >= 0.6 is 0 Å². The molecule has 38 heavy (non-hydrogen) atoms. The van der Waals surface area contributed by atoms with Crippen LogP contribution in [0.2, 0.25) is 0 Å². The standard InChI is InChI=1S/C27H36F3N7O/c1-35(2)15-14-26(12-5-13-26)23-17-37(34-31-23)21-10-8-19(9-11-21)25-33-32-24(36(25)3)18-38-22-7-4-6-20(16-22)27(28,29)30/h4,6-7,16-17,19,21H,5,8-15,18H2,1-3H3/t19-,21-. The van der Waals surface area contributed by atoms with Crippen molar-refractivity contribution in [2.45, 2.75) is 81.5 Å². The molecular formula is C27H36F3N7O. The SMILES string of the molecule is CN(C)CCC1(c2cn([C@H]3CC[C@H](c4nnc(COc5cccc(C(F)(F)F)c5)n4C)CC3)nn2)CCC1. The third kappa shape index (κ3) is 5.57. The van der Waals surface area contributed by atoms with Crippen molar-refractivity contribution in [3.05, 3.63) is 53.4 Å². The third-order valence-electron chi connectivity index (χ3n) is 8.37. The van der Waals surface area contributed by atoms with Crippen molar-refractivity contribution in [2.24, 2.45) is 7.05 Å². The van der Waals surface area contributed by atoms with Crippen molar-refractivity contribution >= 4 is 0 Å². The van der Waals surface area contributed by atoms with Crippen molar-refractivity contribution in [1.29, 1.82) is 0 Å². The van der Waals surface area contributed by atoms with Gasteiger partial charge < -0.3 is 14.2 Å². The van der Waals surface area contributed by atoms with Gasteiger partial charge in [-0.1, -0.05) is 17.7 Å². The number of ether oxygens (including phenoxy) is 1. The number of nitrogens with zero attached hydrogens (tertiary/aromatic N) is 7. The normalized spacial score (nSPS) is 21.4. The van der Waals surface area contributed by atoms with Gasteiger partial charge >= 0.3 is 6.18 Å². The molecule has 0 saturated heterocycles.